The highest BCUT2D eigenvalue weighted by molar-refractivity contribution is 5.77. The lowest BCUT2D eigenvalue weighted by atomic mass is 9.79. The molecule has 5 heteroatoms. The van der Waals surface area contributed by atoms with E-state index in [1.54, 1.807) is 18.2 Å². The minimum absolute atomic E-state index is 0.00481. The van der Waals surface area contributed by atoms with Crippen molar-refractivity contribution in [3.63, 3.8) is 0 Å². The number of hydrogen-bond acceptors (Lipinski definition) is 4. The SMILES string of the molecule is CC1CCC(O)(CNC(=O)COc2ccccc2O)CC1. The molecule has 2 rings (SSSR count). The van der Waals surface area contributed by atoms with Gasteiger partial charge in [0.1, 0.15) is 0 Å². The van der Waals surface area contributed by atoms with Gasteiger partial charge in [0.15, 0.2) is 18.1 Å². The lowest BCUT2D eigenvalue weighted by molar-refractivity contribution is -0.124. The maximum atomic E-state index is 11.7. The standard InChI is InChI=1S/C16H23NO4/c1-12-6-8-16(20,9-7-12)11-17-15(19)10-21-14-5-3-2-4-13(14)18/h2-5,12,18,20H,6-11H2,1H3,(H,17,19). The Morgan fingerprint density at radius 2 is 2.05 bits per heavy atom. The van der Waals surface area contributed by atoms with Crippen molar-refractivity contribution in [1.29, 1.82) is 0 Å². The summed E-state index contributed by atoms with van der Waals surface area (Å²) in [5.41, 5.74) is -0.795. The molecule has 1 amide bonds. The van der Waals surface area contributed by atoms with E-state index in [1.165, 1.54) is 6.07 Å². The second-order valence-corrected chi connectivity index (χ2v) is 5.94. The highest BCUT2D eigenvalue weighted by Gasteiger charge is 2.31. The molecule has 116 valence electrons. The van der Waals surface area contributed by atoms with Crippen LogP contribution in [0.15, 0.2) is 24.3 Å². The molecule has 0 spiro atoms. The van der Waals surface area contributed by atoms with Gasteiger partial charge >= 0.3 is 0 Å². The number of benzene rings is 1. The molecule has 0 atom stereocenters. The average Bonchev–Trinajstić information content (AvgIpc) is 2.48. The first kappa shape index (κ1) is 15.6. The number of carbonyl (C=O) groups is 1. The van der Waals surface area contributed by atoms with E-state index < -0.39 is 5.60 Å². The fraction of sp³-hybridized carbons (Fsp3) is 0.562. The number of para-hydroxylation sites is 2. The summed E-state index contributed by atoms with van der Waals surface area (Å²) in [5.74, 6) is 0.624. The van der Waals surface area contributed by atoms with Gasteiger partial charge in [0.25, 0.3) is 5.91 Å². The number of phenolic OH excluding ortho intramolecular Hbond substituents is 1. The van der Waals surface area contributed by atoms with Gasteiger partial charge in [-0.2, -0.15) is 0 Å². The smallest absolute Gasteiger partial charge is 0.258 e. The molecule has 1 saturated carbocycles. The summed E-state index contributed by atoms with van der Waals surface area (Å²) in [6.45, 7) is 2.26. The van der Waals surface area contributed by atoms with Crippen molar-refractivity contribution in [1.82, 2.24) is 5.32 Å². The van der Waals surface area contributed by atoms with Crippen molar-refractivity contribution in [3.05, 3.63) is 24.3 Å². The van der Waals surface area contributed by atoms with Crippen LogP contribution < -0.4 is 10.1 Å². The summed E-state index contributed by atoms with van der Waals surface area (Å²) >= 11 is 0. The van der Waals surface area contributed by atoms with Gasteiger partial charge in [0.05, 0.1) is 5.60 Å². The van der Waals surface area contributed by atoms with E-state index in [0.717, 1.165) is 25.7 Å². The molecule has 0 saturated heterocycles. The first-order valence-electron chi connectivity index (χ1n) is 7.38. The molecule has 1 aliphatic rings. The summed E-state index contributed by atoms with van der Waals surface area (Å²) < 4.78 is 5.24. The number of amides is 1. The van der Waals surface area contributed by atoms with Gasteiger partial charge in [-0.05, 0) is 43.7 Å². The van der Waals surface area contributed by atoms with Crippen molar-refractivity contribution in [2.24, 2.45) is 5.92 Å². The van der Waals surface area contributed by atoms with Crippen LogP contribution in [-0.2, 0) is 4.79 Å². The lowest BCUT2D eigenvalue weighted by Gasteiger charge is -2.34. The first-order valence-corrected chi connectivity index (χ1v) is 7.38. The number of ether oxygens (including phenoxy) is 1. The number of rotatable bonds is 5. The molecule has 0 aromatic heterocycles. The van der Waals surface area contributed by atoms with E-state index in [-0.39, 0.29) is 30.6 Å². The molecule has 1 aromatic carbocycles. The molecule has 1 aromatic rings. The minimum atomic E-state index is -0.795. The van der Waals surface area contributed by atoms with Crippen molar-refractivity contribution >= 4 is 5.91 Å². The number of phenols is 1. The molecule has 0 unspecified atom stereocenters. The van der Waals surface area contributed by atoms with Crippen LogP contribution in [0.3, 0.4) is 0 Å². The maximum absolute atomic E-state index is 11.7. The second kappa shape index (κ2) is 6.80. The van der Waals surface area contributed by atoms with Gasteiger partial charge in [-0.1, -0.05) is 19.1 Å². The maximum Gasteiger partial charge on any atom is 0.258 e. The highest BCUT2D eigenvalue weighted by atomic mass is 16.5. The molecule has 21 heavy (non-hydrogen) atoms. The van der Waals surface area contributed by atoms with Crippen LogP contribution in [0, 0.1) is 5.92 Å². The molecule has 0 radical (unpaired) electrons. The normalized spacial score (nSPS) is 25.3. The van der Waals surface area contributed by atoms with Crippen LogP contribution >= 0.6 is 0 Å². The van der Waals surface area contributed by atoms with Gasteiger partial charge in [-0.25, -0.2) is 0 Å². The quantitative estimate of drug-likeness (QED) is 0.774. The lowest BCUT2D eigenvalue weighted by Crippen LogP contribution is -2.46. The van der Waals surface area contributed by atoms with Crippen LogP contribution in [-0.4, -0.2) is 34.9 Å². The Labute approximate surface area is 124 Å². The number of nitrogens with one attached hydrogen (secondary N) is 1. The summed E-state index contributed by atoms with van der Waals surface area (Å²) in [4.78, 5) is 11.7. The summed E-state index contributed by atoms with van der Waals surface area (Å²) in [7, 11) is 0. The number of aliphatic hydroxyl groups is 1. The molecule has 3 N–H and O–H groups in total. The molecular formula is C16H23NO4. The Morgan fingerprint density at radius 1 is 1.38 bits per heavy atom. The summed E-state index contributed by atoms with van der Waals surface area (Å²) in [6, 6.07) is 6.50. The second-order valence-electron chi connectivity index (χ2n) is 5.94. The predicted octanol–water partition coefficient (Wildman–Crippen LogP) is 1.83. The van der Waals surface area contributed by atoms with Gasteiger partial charge in [0, 0.05) is 6.54 Å². The third-order valence-electron chi connectivity index (χ3n) is 4.04. The molecule has 5 nitrogen and oxygen atoms in total. The molecule has 1 fully saturated rings. The largest absolute Gasteiger partial charge is 0.504 e. The Bertz CT molecular complexity index is 481. The first-order chi connectivity index (χ1) is 9.98. The van der Waals surface area contributed by atoms with Crippen molar-refractivity contribution in [3.8, 4) is 11.5 Å². The molecule has 0 bridgehead atoms. The van der Waals surface area contributed by atoms with Gasteiger partial charge < -0.3 is 20.3 Å². The van der Waals surface area contributed by atoms with Crippen molar-refractivity contribution < 1.29 is 19.7 Å². The number of aromatic hydroxyl groups is 1. The average molecular weight is 293 g/mol. The van der Waals surface area contributed by atoms with E-state index >= 15 is 0 Å². The van der Waals surface area contributed by atoms with Crippen LogP contribution in [0.4, 0.5) is 0 Å². The Kier molecular flexibility index (Phi) is 5.07. The van der Waals surface area contributed by atoms with E-state index in [0.29, 0.717) is 5.92 Å². The van der Waals surface area contributed by atoms with Gasteiger partial charge in [-0.15, -0.1) is 0 Å². The van der Waals surface area contributed by atoms with Gasteiger partial charge in [-0.3, -0.25) is 4.79 Å². The Balaban J connectivity index is 1.74. The fourth-order valence-electron chi connectivity index (χ4n) is 2.51. The molecular weight excluding hydrogens is 270 g/mol. The molecule has 1 aliphatic carbocycles. The third-order valence-corrected chi connectivity index (χ3v) is 4.04. The fourth-order valence-corrected chi connectivity index (χ4v) is 2.51. The zero-order chi connectivity index (χ0) is 15.3. The zero-order valence-electron chi connectivity index (χ0n) is 12.3. The molecule has 0 heterocycles. The zero-order valence-corrected chi connectivity index (χ0v) is 12.3. The van der Waals surface area contributed by atoms with E-state index in [2.05, 4.69) is 12.2 Å². The Hall–Kier alpha value is -1.75. The van der Waals surface area contributed by atoms with E-state index in [4.69, 9.17) is 4.74 Å². The highest BCUT2D eigenvalue weighted by Crippen LogP contribution is 2.31. The van der Waals surface area contributed by atoms with E-state index in [1.807, 2.05) is 0 Å². The topological polar surface area (TPSA) is 78.8 Å². The summed E-state index contributed by atoms with van der Waals surface area (Å²) in [6.07, 6.45) is 3.41. The third kappa shape index (κ3) is 4.63. The van der Waals surface area contributed by atoms with E-state index in [9.17, 15) is 15.0 Å². The van der Waals surface area contributed by atoms with Crippen molar-refractivity contribution in [2.45, 2.75) is 38.2 Å². The monoisotopic (exact) mass is 293 g/mol. The van der Waals surface area contributed by atoms with Crippen LogP contribution in [0.5, 0.6) is 11.5 Å². The Morgan fingerprint density at radius 3 is 2.71 bits per heavy atom. The van der Waals surface area contributed by atoms with Crippen LogP contribution in [0.2, 0.25) is 0 Å². The van der Waals surface area contributed by atoms with Crippen LogP contribution in [0.25, 0.3) is 0 Å². The number of carbonyl (C=O) groups excluding carboxylic acids is 1. The minimum Gasteiger partial charge on any atom is -0.504 e. The number of hydrogen-bond donors (Lipinski definition) is 3. The predicted molar refractivity (Wildman–Crippen MR) is 79.2 cm³/mol. The van der Waals surface area contributed by atoms with Gasteiger partial charge in [0.2, 0.25) is 0 Å². The van der Waals surface area contributed by atoms with Crippen LogP contribution in [0.1, 0.15) is 32.6 Å². The molecule has 0 aliphatic heterocycles. The summed E-state index contributed by atoms with van der Waals surface area (Å²) in [5, 5.41) is 22.6. The van der Waals surface area contributed by atoms with Crippen molar-refractivity contribution in [2.75, 3.05) is 13.2 Å².